The number of thioether (sulfide) groups is 1. The van der Waals surface area contributed by atoms with Crippen LogP contribution in [-0.4, -0.2) is 40.8 Å². The molecule has 2 rings (SSSR count). The molecular formula is C8H14N2O2S. The molecule has 0 saturated carbocycles. The topological polar surface area (TPSA) is 61.4 Å². The van der Waals surface area contributed by atoms with Crippen LogP contribution < -0.4 is 10.6 Å². The summed E-state index contributed by atoms with van der Waals surface area (Å²) in [6, 6.07) is -0.344. The van der Waals surface area contributed by atoms with Gasteiger partial charge in [0.05, 0.1) is 4.87 Å². The lowest BCUT2D eigenvalue weighted by Crippen LogP contribution is -2.50. The zero-order valence-corrected chi connectivity index (χ0v) is 8.19. The van der Waals surface area contributed by atoms with Gasteiger partial charge in [0.15, 0.2) is 0 Å². The normalized spacial score (nSPS) is 32.2. The molecule has 0 bridgehead atoms. The molecule has 2 saturated heterocycles. The van der Waals surface area contributed by atoms with Gasteiger partial charge in [-0.1, -0.05) is 0 Å². The van der Waals surface area contributed by atoms with Crippen molar-refractivity contribution in [3.8, 4) is 0 Å². The Bertz CT molecular complexity index is 216. The summed E-state index contributed by atoms with van der Waals surface area (Å²) in [6.07, 6.45) is 2.06. The van der Waals surface area contributed by atoms with Crippen molar-refractivity contribution in [2.45, 2.75) is 23.8 Å². The minimum atomic E-state index is -0.720. The molecule has 1 spiro atoms. The number of aliphatic carboxylic acids is 1. The van der Waals surface area contributed by atoms with Gasteiger partial charge in [-0.15, -0.1) is 11.8 Å². The van der Waals surface area contributed by atoms with E-state index in [4.69, 9.17) is 5.11 Å². The van der Waals surface area contributed by atoms with E-state index in [1.54, 1.807) is 11.8 Å². The van der Waals surface area contributed by atoms with Gasteiger partial charge >= 0.3 is 5.97 Å². The highest BCUT2D eigenvalue weighted by Gasteiger charge is 2.42. The van der Waals surface area contributed by atoms with Crippen molar-refractivity contribution in [1.29, 1.82) is 0 Å². The summed E-state index contributed by atoms with van der Waals surface area (Å²) in [5.74, 6) is -0.0158. The minimum absolute atomic E-state index is 0.0499. The summed E-state index contributed by atoms with van der Waals surface area (Å²) in [7, 11) is 0. The highest BCUT2D eigenvalue weighted by atomic mass is 32.2. The number of hydrogen-bond acceptors (Lipinski definition) is 4. The van der Waals surface area contributed by atoms with Crippen LogP contribution in [-0.2, 0) is 4.79 Å². The molecule has 0 aliphatic carbocycles. The van der Waals surface area contributed by atoms with Crippen LogP contribution >= 0.6 is 11.8 Å². The van der Waals surface area contributed by atoms with E-state index in [-0.39, 0.29) is 10.9 Å². The smallest absolute Gasteiger partial charge is 0.321 e. The molecule has 2 aliphatic rings. The SMILES string of the molecule is O=C(O)[C@@H]1CSC2(CCNCC2)N1. The van der Waals surface area contributed by atoms with Gasteiger partial charge in [-0.2, -0.15) is 0 Å². The maximum Gasteiger partial charge on any atom is 0.321 e. The van der Waals surface area contributed by atoms with Crippen LogP contribution in [0.25, 0.3) is 0 Å². The van der Waals surface area contributed by atoms with E-state index in [1.807, 2.05) is 0 Å². The molecular weight excluding hydrogens is 188 g/mol. The lowest BCUT2D eigenvalue weighted by Gasteiger charge is -2.33. The van der Waals surface area contributed by atoms with Gasteiger partial charge in [-0.05, 0) is 25.9 Å². The molecule has 2 fully saturated rings. The summed E-state index contributed by atoms with van der Waals surface area (Å²) in [5, 5.41) is 15.3. The van der Waals surface area contributed by atoms with Gasteiger partial charge in [0.2, 0.25) is 0 Å². The number of carboxylic acid groups (broad SMARTS) is 1. The molecule has 2 aliphatic heterocycles. The van der Waals surface area contributed by atoms with Crippen LogP contribution in [0.5, 0.6) is 0 Å². The molecule has 2 heterocycles. The van der Waals surface area contributed by atoms with Gasteiger partial charge in [0, 0.05) is 5.75 Å². The summed E-state index contributed by atoms with van der Waals surface area (Å²) < 4.78 is 0. The van der Waals surface area contributed by atoms with E-state index in [2.05, 4.69) is 10.6 Å². The third-order valence-electron chi connectivity index (χ3n) is 2.67. The summed E-state index contributed by atoms with van der Waals surface area (Å²) in [4.78, 5) is 10.8. The first kappa shape index (κ1) is 9.30. The second kappa shape index (κ2) is 3.48. The fourth-order valence-electron chi connectivity index (χ4n) is 1.90. The molecule has 0 radical (unpaired) electrons. The molecule has 4 nitrogen and oxygen atoms in total. The lowest BCUT2D eigenvalue weighted by atomic mass is 10.1. The Balaban J connectivity index is 1.98. The number of rotatable bonds is 1. The highest BCUT2D eigenvalue weighted by molar-refractivity contribution is 8.01. The van der Waals surface area contributed by atoms with E-state index < -0.39 is 5.97 Å². The monoisotopic (exact) mass is 202 g/mol. The molecule has 5 heteroatoms. The second-order valence-corrected chi connectivity index (χ2v) is 4.99. The van der Waals surface area contributed by atoms with Gasteiger partial charge < -0.3 is 10.4 Å². The average molecular weight is 202 g/mol. The minimum Gasteiger partial charge on any atom is -0.480 e. The largest absolute Gasteiger partial charge is 0.480 e. The number of piperidine rings is 1. The highest BCUT2D eigenvalue weighted by Crippen LogP contribution is 2.37. The van der Waals surface area contributed by atoms with Crippen molar-refractivity contribution < 1.29 is 9.90 Å². The van der Waals surface area contributed by atoms with Crippen LogP contribution in [0.2, 0.25) is 0 Å². The predicted molar refractivity (Wildman–Crippen MR) is 51.9 cm³/mol. The Morgan fingerprint density at radius 2 is 2.15 bits per heavy atom. The van der Waals surface area contributed by atoms with E-state index in [1.165, 1.54) is 0 Å². The van der Waals surface area contributed by atoms with E-state index in [0.29, 0.717) is 5.75 Å². The number of carboxylic acids is 1. The first-order valence-corrected chi connectivity index (χ1v) is 5.56. The van der Waals surface area contributed by atoms with Crippen LogP contribution in [0.4, 0.5) is 0 Å². The Labute approximate surface area is 81.5 Å². The van der Waals surface area contributed by atoms with E-state index in [0.717, 1.165) is 25.9 Å². The van der Waals surface area contributed by atoms with Crippen molar-refractivity contribution in [3.63, 3.8) is 0 Å². The van der Waals surface area contributed by atoms with Crippen molar-refractivity contribution in [2.75, 3.05) is 18.8 Å². The number of hydrogen-bond donors (Lipinski definition) is 3. The summed E-state index contributed by atoms with van der Waals surface area (Å²) in [5.41, 5.74) is 0. The van der Waals surface area contributed by atoms with Crippen molar-refractivity contribution in [1.82, 2.24) is 10.6 Å². The Morgan fingerprint density at radius 3 is 2.69 bits per heavy atom. The lowest BCUT2D eigenvalue weighted by molar-refractivity contribution is -0.138. The number of carbonyl (C=O) groups is 1. The first-order valence-electron chi connectivity index (χ1n) is 4.57. The third-order valence-corrected chi connectivity index (χ3v) is 4.25. The van der Waals surface area contributed by atoms with Gasteiger partial charge in [-0.3, -0.25) is 10.1 Å². The molecule has 13 heavy (non-hydrogen) atoms. The molecule has 0 aromatic carbocycles. The molecule has 3 N–H and O–H groups in total. The van der Waals surface area contributed by atoms with Crippen molar-refractivity contribution in [2.24, 2.45) is 0 Å². The maximum absolute atomic E-state index is 10.7. The third kappa shape index (κ3) is 1.82. The Kier molecular flexibility index (Phi) is 2.49. The maximum atomic E-state index is 10.7. The van der Waals surface area contributed by atoms with Gasteiger partial charge in [0.1, 0.15) is 6.04 Å². The first-order chi connectivity index (χ1) is 6.22. The zero-order valence-electron chi connectivity index (χ0n) is 7.38. The molecule has 0 aromatic rings. The molecule has 0 amide bonds. The standard InChI is InChI=1S/C8H14N2O2S/c11-7(12)6-5-13-8(10-6)1-3-9-4-2-8/h6,9-10H,1-5H2,(H,11,12)/t6-/m0/s1. The quantitative estimate of drug-likeness (QED) is 0.552. The molecule has 0 unspecified atom stereocenters. The Hall–Kier alpha value is -0.260. The van der Waals surface area contributed by atoms with E-state index >= 15 is 0 Å². The summed E-state index contributed by atoms with van der Waals surface area (Å²) >= 11 is 1.77. The van der Waals surface area contributed by atoms with Crippen molar-refractivity contribution >= 4 is 17.7 Å². The molecule has 1 atom stereocenters. The average Bonchev–Trinajstić information content (AvgIpc) is 2.51. The van der Waals surface area contributed by atoms with Crippen LogP contribution in [0.3, 0.4) is 0 Å². The van der Waals surface area contributed by atoms with E-state index in [9.17, 15) is 4.79 Å². The van der Waals surface area contributed by atoms with Gasteiger partial charge in [-0.25, -0.2) is 0 Å². The second-order valence-electron chi connectivity index (χ2n) is 3.59. The fraction of sp³-hybridized carbons (Fsp3) is 0.875. The van der Waals surface area contributed by atoms with Crippen LogP contribution in [0.15, 0.2) is 0 Å². The summed E-state index contributed by atoms with van der Waals surface area (Å²) in [6.45, 7) is 1.98. The fourth-order valence-corrected chi connectivity index (χ4v) is 3.33. The van der Waals surface area contributed by atoms with Crippen LogP contribution in [0, 0.1) is 0 Å². The van der Waals surface area contributed by atoms with Crippen LogP contribution in [0.1, 0.15) is 12.8 Å². The zero-order chi connectivity index (χ0) is 9.31. The Morgan fingerprint density at radius 1 is 1.46 bits per heavy atom. The number of nitrogens with one attached hydrogen (secondary N) is 2. The molecule has 0 aromatic heterocycles. The van der Waals surface area contributed by atoms with Gasteiger partial charge in [0.25, 0.3) is 0 Å². The predicted octanol–water partition coefficient (Wildman–Crippen LogP) is -0.144. The molecule has 74 valence electrons. The van der Waals surface area contributed by atoms with Crippen molar-refractivity contribution in [3.05, 3.63) is 0 Å².